The van der Waals surface area contributed by atoms with Crippen molar-refractivity contribution in [1.82, 2.24) is 9.55 Å². The van der Waals surface area contributed by atoms with E-state index in [2.05, 4.69) is 4.98 Å². The number of carbonyl (C=O) groups is 2. The van der Waals surface area contributed by atoms with E-state index in [4.69, 9.17) is 11.6 Å². The molecule has 0 saturated heterocycles. The highest BCUT2D eigenvalue weighted by atomic mass is 35.5. The number of carbonyl (C=O) groups excluding carboxylic acids is 2. The van der Waals surface area contributed by atoms with Gasteiger partial charge in [0.25, 0.3) is 5.78 Å². The van der Waals surface area contributed by atoms with Crippen molar-refractivity contribution >= 4 is 23.2 Å². The molecule has 2 aromatic carbocycles. The van der Waals surface area contributed by atoms with E-state index in [1.807, 2.05) is 47.0 Å². The maximum Gasteiger partial charge on any atom is 0.254 e. The Hall–Kier alpha value is -2.72. The number of aromatic nitrogens is 2. The molecule has 1 heterocycles. The standard InChI is InChI=1S/C19H13ClN2O2/c20-10-15-21-16-17(22(15)11-12-6-2-1-3-7-12)13-8-4-5-9-14(13)18(23)19(16)24/h1-9H,10-11H2. The van der Waals surface area contributed by atoms with Crippen molar-refractivity contribution in [2.24, 2.45) is 0 Å². The molecule has 0 unspecified atom stereocenters. The van der Waals surface area contributed by atoms with Crippen LogP contribution in [0.2, 0.25) is 0 Å². The van der Waals surface area contributed by atoms with Crippen molar-refractivity contribution in [1.29, 1.82) is 0 Å². The van der Waals surface area contributed by atoms with Gasteiger partial charge in [-0.3, -0.25) is 9.59 Å². The number of benzene rings is 2. The second-order valence-electron chi connectivity index (χ2n) is 5.63. The summed E-state index contributed by atoms with van der Waals surface area (Å²) in [7, 11) is 0. The summed E-state index contributed by atoms with van der Waals surface area (Å²) < 4.78 is 1.93. The fourth-order valence-corrected chi connectivity index (χ4v) is 3.29. The van der Waals surface area contributed by atoms with Crippen LogP contribution in [0.5, 0.6) is 0 Å². The third-order valence-corrected chi connectivity index (χ3v) is 4.44. The van der Waals surface area contributed by atoms with E-state index < -0.39 is 11.6 Å². The first-order chi connectivity index (χ1) is 11.7. The summed E-state index contributed by atoms with van der Waals surface area (Å²) in [5.74, 6) is -0.322. The Morgan fingerprint density at radius 3 is 2.25 bits per heavy atom. The van der Waals surface area contributed by atoms with Gasteiger partial charge in [-0.2, -0.15) is 0 Å². The van der Waals surface area contributed by atoms with Crippen LogP contribution in [0.15, 0.2) is 54.6 Å². The molecule has 0 aliphatic heterocycles. The number of hydrogen-bond acceptors (Lipinski definition) is 3. The van der Waals surface area contributed by atoms with Crippen LogP contribution in [0.25, 0.3) is 11.3 Å². The molecule has 0 N–H and O–H groups in total. The Bertz CT molecular complexity index is 961. The van der Waals surface area contributed by atoms with Crippen LogP contribution in [0, 0.1) is 0 Å². The van der Waals surface area contributed by atoms with E-state index >= 15 is 0 Å². The van der Waals surface area contributed by atoms with Crippen molar-refractivity contribution < 1.29 is 9.59 Å². The topological polar surface area (TPSA) is 52.0 Å². The Morgan fingerprint density at radius 1 is 0.875 bits per heavy atom. The quantitative estimate of drug-likeness (QED) is 0.541. The summed E-state index contributed by atoms with van der Waals surface area (Å²) in [6.07, 6.45) is 0. The molecule has 0 bridgehead atoms. The van der Waals surface area contributed by atoms with Crippen LogP contribution in [0.4, 0.5) is 0 Å². The van der Waals surface area contributed by atoms with Crippen LogP contribution < -0.4 is 0 Å². The lowest BCUT2D eigenvalue weighted by molar-refractivity contribution is 0.0812. The number of halogens is 1. The van der Waals surface area contributed by atoms with Gasteiger partial charge in [0.2, 0.25) is 5.78 Å². The van der Waals surface area contributed by atoms with Crippen LogP contribution in [-0.2, 0) is 12.4 Å². The second-order valence-corrected chi connectivity index (χ2v) is 5.90. The lowest BCUT2D eigenvalue weighted by Crippen LogP contribution is -2.22. The fourth-order valence-electron chi connectivity index (χ4n) is 3.09. The van der Waals surface area contributed by atoms with Crippen molar-refractivity contribution in [3.05, 3.63) is 77.2 Å². The molecule has 4 rings (SSSR count). The molecule has 1 aliphatic carbocycles. The maximum absolute atomic E-state index is 12.4. The zero-order chi connectivity index (χ0) is 16.7. The number of alkyl halides is 1. The summed E-state index contributed by atoms with van der Waals surface area (Å²) in [4.78, 5) is 29.1. The highest BCUT2D eigenvalue weighted by Gasteiger charge is 2.35. The Balaban J connectivity index is 1.96. The lowest BCUT2D eigenvalue weighted by Gasteiger charge is -2.17. The van der Waals surface area contributed by atoms with Gasteiger partial charge in [0.15, 0.2) is 0 Å². The molecule has 1 aliphatic rings. The van der Waals surface area contributed by atoms with Crippen LogP contribution >= 0.6 is 11.6 Å². The maximum atomic E-state index is 12.4. The Kier molecular flexibility index (Phi) is 3.54. The summed E-state index contributed by atoms with van der Waals surface area (Å²) in [5, 5.41) is 0. The molecule has 0 fully saturated rings. The van der Waals surface area contributed by atoms with Gasteiger partial charge in [-0.25, -0.2) is 4.98 Å². The van der Waals surface area contributed by atoms with E-state index in [9.17, 15) is 9.59 Å². The van der Waals surface area contributed by atoms with Gasteiger partial charge in [-0.1, -0.05) is 54.6 Å². The van der Waals surface area contributed by atoms with Gasteiger partial charge < -0.3 is 4.57 Å². The molecule has 0 saturated carbocycles. The number of rotatable bonds is 3. The first-order valence-electron chi connectivity index (χ1n) is 7.58. The first-order valence-corrected chi connectivity index (χ1v) is 8.12. The molecule has 4 nitrogen and oxygen atoms in total. The molecule has 0 amide bonds. The van der Waals surface area contributed by atoms with E-state index in [1.165, 1.54) is 0 Å². The molecule has 5 heteroatoms. The van der Waals surface area contributed by atoms with Gasteiger partial charge in [-0.05, 0) is 5.56 Å². The third-order valence-electron chi connectivity index (χ3n) is 4.20. The van der Waals surface area contributed by atoms with Gasteiger partial charge in [0, 0.05) is 17.7 Å². The number of ketones is 2. The van der Waals surface area contributed by atoms with Crippen LogP contribution in [-0.4, -0.2) is 21.1 Å². The van der Waals surface area contributed by atoms with Crippen molar-refractivity contribution in [2.45, 2.75) is 12.4 Å². The SMILES string of the molecule is O=C1C(=O)c2nc(CCl)n(Cc3ccccc3)c2-c2ccccc21. The predicted octanol–water partition coefficient (Wildman–Crippen LogP) is 3.72. The Morgan fingerprint density at radius 2 is 1.54 bits per heavy atom. The molecule has 1 aromatic heterocycles. The molecule has 0 spiro atoms. The molecule has 0 atom stereocenters. The molecule has 0 radical (unpaired) electrons. The molecule has 3 aromatic rings. The molecule has 118 valence electrons. The first kappa shape index (κ1) is 14.8. The summed E-state index contributed by atoms with van der Waals surface area (Å²) in [6, 6.07) is 17.0. The number of Topliss-reactive ketones (excluding diaryl/α,β-unsaturated/α-hetero) is 2. The minimum Gasteiger partial charge on any atom is -0.322 e. The zero-order valence-corrected chi connectivity index (χ0v) is 13.5. The predicted molar refractivity (Wildman–Crippen MR) is 91.4 cm³/mol. The summed E-state index contributed by atoms with van der Waals surface area (Å²) in [6.45, 7) is 0.543. The second kappa shape index (κ2) is 5.73. The van der Waals surface area contributed by atoms with Crippen molar-refractivity contribution in [3.63, 3.8) is 0 Å². The smallest absolute Gasteiger partial charge is 0.254 e. The number of imidazole rings is 1. The number of fused-ring (bicyclic) bond motifs is 3. The average molecular weight is 337 g/mol. The molecular formula is C19H13ClN2O2. The van der Waals surface area contributed by atoms with Gasteiger partial charge in [-0.15, -0.1) is 11.6 Å². The van der Waals surface area contributed by atoms with Crippen molar-refractivity contribution in [3.8, 4) is 11.3 Å². The van der Waals surface area contributed by atoms with Gasteiger partial charge in [0.05, 0.1) is 11.6 Å². The summed E-state index contributed by atoms with van der Waals surface area (Å²) >= 11 is 6.05. The van der Waals surface area contributed by atoms with E-state index in [1.54, 1.807) is 12.1 Å². The summed E-state index contributed by atoms with van der Waals surface area (Å²) in [5.41, 5.74) is 3.10. The highest BCUT2D eigenvalue weighted by Crippen LogP contribution is 2.34. The van der Waals surface area contributed by atoms with Gasteiger partial charge in [0.1, 0.15) is 11.5 Å². The van der Waals surface area contributed by atoms with Gasteiger partial charge >= 0.3 is 0 Å². The molecular weight excluding hydrogens is 324 g/mol. The minimum absolute atomic E-state index is 0.170. The van der Waals surface area contributed by atoms with E-state index in [-0.39, 0.29) is 11.6 Å². The lowest BCUT2D eigenvalue weighted by atomic mass is 9.90. The largest absolute Gasteiger partial charge is 0.322 e. The number of nitrogens with zero attached hydrogens (tertiary/aromatic N) is 2. The molecule has 24 heavy (non-hydrogen) atoms. The zero-order valence-electron chi connectivity index (χ0n) is 12.7. The van der Waals surface area contributed by atoms with Crippen LogP contribution in [0.3, 0.4) is 0 Å². The number of hydrogen-bond donors (Lipinski definition) is 0. The minimum atomic E-state index is -0.568. The highest BCUT2D eigenvalue weighted by molar-refractivity contribution is 6.52. The normalized spacial score (nSPS) is 12.9. The van der Waals surface area contributed by atoms with Crippen LogP contribution in [0.1, 0.15) is 32.2 Å². The van der Waals surface area contributed by atoms with Crippen molar-refractivity contribution in [2.75, 3.05) is 0 Å². The Labute approximate surface area is 143 Å². The van der Waals surface area contributed by atoms with E-state index in [0.29, 0.717) is 23.6 Å². The van der Waals surface area contributed by atoms with E-state index in [0.717, 1.165) is 11.1 Å². The monoisotopic (exact) mass is 336 g/mol. The third kappa shape index (κ3) is 2.19. The fraction of sp³-hybridized carbons (Fsp3) is 0.105. The average Bonchev–Trinajstić information content (AvgIpc) is 2.99.